The van der Waals surface area contributed by atoms with Gasteiger partial charge >= 0.3 is 18.2 Å². The number of nitrogens with zero attached hydrogens (tertiary/aromatic N) is 1. The summed E-state index contributed by atoms with van der Waals surface area (Å²) in [5, 5.41) is 12.8. The van der Waals surface area contributed by atoms with Crippen LogP contribution in [0.4, 0.5) is 24.7 Å². The molecule has 0 spiro atoms. The number of carbonyl (C=O) groups is 2. The van der Waals surface area contributed by atoms with E-state index in [4.69, 9.17) is 4.74 Å². The lowest BCUT2D eigenvalue weighted by Gasteiger charge is -2.13. The Kier molecular flexibility index (Phi) is 5.68. The van der Waals surface area contributed by atoms with Gasteiger partial charge in [-0.05, 0) is 37.3 Å². The van der Waals surface area contributed by atoms with Crippen LogP contribution >= 0.6 is 0 Å². The average molecular weight is 388 g/mol. The number of rotatable bonds is 6. The van der Waals surface area contributed by atoms with Gasteiger partial charge in [-0.1, -0.05) is 0 Å². The maximum atomic E-state index is 12.1. The van der Waals surface area contributed by atoms with Gasteiger partial charge in [0.1, 0.15) is 10.7 Å². The molecule has 144 valence electrons. The molecule has 2 rings (SSSR count). The predicted molar refractivity (Wildman–Crippen MR) is 82.0 cm³/mol. The van der Waals surface area contributed by atoms with Crippen molar-refractivity contribution in [2.75, 3.05) is 5.32 Å². The number of halogens is 3. The van der Waals surface area contributed by atoms with Crippen molar-refractivity contribution in [1.82, 2.24) is 0 Å². The maximum absolute atomic E-state index is 12.1. The van der Waals surface area contributed by atoms with Crippen LogP contribution in [0.5, 0.6) is 5.75 Å². The van der Waals surface area contributed by atoms with Gasteiger partial charge in [0.2, 0.25) is 5.76 Å². The highest BCUT2D eigenvalue weighted by atomic mass is 19.4. The molecule has 1 atom stereocenters. The van der Waals surface area contributed by atoms with Gasteiger partial charge in [-0.15, -0.1) is 13.2 Å². The lowest BCUT2D eigenvalue weighted by molar-refractivity contribution is -0.402. The van der Waals surface area contributed by atoms with E-state index in [-0.39, 0.29) is 5.69 Å². The van der Waals surface area contributed by atoms with Crippen LogP contribution in [0, 0.1) is 10.1 Å². The second kappa shape index (κ2) is 7.76. The SMILES string of the molecule is CC(OC(=O)c1ccc([N+](=O)[O-])o1)C(=O)Nc1ccc(OC(F)(F)F)cc1. The Morgan fingerprint density at radius 2 is 1.81 bits per heavy atom. The highest BCUT2D eigenvalue weighted by molar-refractivity contribution is 5.96. The fraction of sp³-hybridized carbons (Fsp3) is 0.200. The van der Waals surface area contributed by atoms with Crippen molar-refractivity contribution in [1.29, 1.82) is 0 Å². The normalized spacial score (nSPS) is 12.1. The zero-order chi connectivity index (χ0) is 20.2. The summed E-state index contributed by atoms with van der Waals surface area (Å²) in [5.74, 6) is -3.48. The van der Waals surface area contributed by atoms with Crippen molar-refractivity contribution in [3.63, 3.8) is 0 Å². The number of esters is 1. The number of benzene rings is 1. The van der Waals surface area contributed by atoms with Gasteiger partial charge in [0.25, 0.3) is 5.91 Å². The third-order valence-electron chi connectivity index (χ3n) is 2.98. The first-order chi connectivity index (χ1) is 12.5. The molecule has 1 N–H and O–H groups in total. The minimum Gasteiger partial charge on any atom is -0.447 e. The topological polar surface area (TPSA) is 121 Å². The molecule has 1 amide bonds. The van der Waals surface area contributed by atoms with E-state index in [1.54, 1.807) is 0 Å². The van der Waals surface area contributed by atoms with E-state index in [1.807, 2.05) is 0 Å². The first kappa shape index (κ1) is 19.8. The molecule has 0 aliphatic carbocycles. The van der Waals surface area contributed by atoms with Gasteiger partial charge in [0.05, 0.1) is 6.07 Å². The number of hydrogen-bond donors (Lipinski definition) is 1. The molecule has 0 aliphatic rings. The monoisotopic (exact) mass is 388 g/mol. The molecule has 1 aromatic carbocycles. The molecule has 2 aromatic rings. The summed E-state index contributed by atoms with van der Waals surface area (Å²) in [6.07, 6.45) is -6.15. The molecule has 27 heavy (non-hydrogen) atoms. The van der Waals surface area contributed by atoms with E-state index in [2.05, 4.69) is 14.5 Å². The molecule has 0 saturated heterocycles. The van der Waals surface area contributed by atoms with E-state index >= 15 is 0 Å². The van der Waals surface area contributed by atoms with Crippen LogP contribution in [0.1, 0.15) is 17.5 Å². The highest BCUT2D eigenvalue weighted by Gasteiger charge is 2.31. The zero-order valence-corrected chi connectivity index (χ0v) is 13.5. The van der Waals surface area contributed by atoms with Gasteiger partial charge in [0.15, 0.2) is 6.10 Å². The van der Waals surface area contributed by atoms with Crippen molar-refractivity contribution in [2.45, 2.75) is 19.4 Å². The number of hydrogen-bond acceptors (Lipinski definition) is 7. The second-order valence-electron chi connectivity index (χ2n) is 5.00. The van der Waals surface area contributed by atoms with Crippen molar-refractivity contribution in [3.05, 3.63) is 52.3 Å². The lowest BCUT2D eigenvalue weighted by Crippen LogP contribution is -2.29. The molecule has 1 unspecified atom stereocenters. The Morgan fingerprint density at radius 1 is 1.19 bits per heavy atom. The third kappa shape index (κ3) is 5.73. The van der Waals surface area contributed by atoms with Crippen LogP contribution in [-0.2, 0) is 9.53 Å². The molecule has 1 heterocycles. The van der Waals surface area contributed by atoms with Crippen LogP contribution in [0.2, 0.25) is 0 Å². The minimum atomic E-state index is -4.84. The summed E-state index contributed by atoms with van der Waals surface area (Å²) in [6.45, 7) is 1.23. The molecule has 0 radical (unpaired) electrons. The Labute approximate surface area is 148 Å². The fourth-order valence-electron chi connectivity index (χ4n) is 1.79. The van der Waals surface area contributed by atoms with E-state index in [9.17, 15) is 32.9 Å². The summed E-state index contributed by atoms with van der Waals surface area (Å²) in [6, 6.07) is 6.26. The minimum absolute atomic E-state index is 0.131. The Bertz CT molecular complexity index is 846. The maximum Gasteiger partial charge on any atom is 0.573 e. The molecular weight excluding hydrogens is 377 g/mol. The van der Waals surface area contributed by atoms with Crippen LogP contribution in [0.25, 0.3) is 0 Å². The second-order valence-corrected chi connectivity index (χ2v) is 5.00. The van der Waals surface area contributed by atoms with Crippen molar-refractivity contribution in [3.8, 4) is 5.75 Å². The van der Waals surface area contributed by atoms with Crippen molar-refractivity contribution < 1.29 is 41.6 Å². The summed E-state index contributed by atoms with van der Waals surface area (Å²) >= 11 is 0. The molecule has 1 aromatic heterocycles. The first-order valence-corrected chi connectivity index (χ1v) is 7.17. The highest BCUT2D eigenvalue weighted by Crippen LogP contribution is 2.24. The van der Waals surface area contributed by atoms with Gasteiger partial charge in [0, 0.05) is 5.69 Å². The van der Waals surface area contributed by atoms with Crippen molar-refractivity contribution in [2.24, 2.45) is 0 Å². The smallest absolute Gasteiger partial charge is 0.447 e. The molecule has 0 fully saturated rings. The Balaban J connectivity index is 1.92. The van der Waals surface area contributed by atoms with Crippen LogP contribution in [-0.4, -0.2) is 29.3 Å². The van der Waals surface area contributed by atoms with Gasteiger partial charge in [-0.25, -0.2) is 4.79 Å². The Hall–Kier alpha value is -3.57. The summed E-state index contributed by atoms with van der Waals surface area (Å²) in [7, 11) is 0. The molecule has 9 nitrogen and oxygen atoms in total. The molecule has 12 heteroatoms. The predicted octanol–water partition coefficient (Wildman–Crippen LogP) is 3.27. The number of anilines is 1. The molecule has 0 bridgehead atoms. The molecular formula is C15H11F3N2O7. The number of alkyl halides is 3. The van der Waals surface area contributed by atoms with Gasteiger partial charge < -0.3 is 19.2 Å². The first-order valence-electron chi connectivity index (χ1n) is 7.17. The number of nitro groups is 1. The number of carbonyl (C=O) groups excluding carboxylic acids is 2. The molecule has 0 saturated carbocycles. The summed E-state index contributed by atoms with van der Waals surface area (Å²) in [5.41, 5.74) is 0.131. The standard InChI is InChI=1S/C15H11F3N2O7/c1-8(25-14(22)11-6-7-12(26-11)20(23)24)13(21)19-9-2-4-10(5-3-9)27-15(16,17)18/h2-8H,1H3,(H,19,21). The van der Waals surface area contributed by atoms with Gasteiger partial charge in [-0.3, -0.25) is 14.9 Å². The van der Waals surface area contributed by atoms with E-state index in [0.29, 0.717) is 0 Å². The van der Waals surface area contributed by atoms with Crippen LogP contribution in [0.3, 0.4) is 0 Å². The average Bonchev–Trinajstić information content (AvgIpc) is 3.05. The van der Waals surface area contributed by atoms with Crippen LogP contribution < -0.4 is 10.1 Å². The van der Waals surface area contributed by atoms with Crippen LogP contribution in [0.15, 0.2) is 40.8 Å². The number of ether oxygens (including phenoxy) is 2. The fourth-order valence-corrected chi connectivity index (χ4v) is 1.79. The Morgan fingerprint density at radius 3 is 2.33 bits per heavy atom. The quantitative estimate of drug-likeness (QED) is 0.458. The number of furan rings is 1. The summed E-state index contributed by atoms with van der Waals surface area (Å²) in [4.78, 5) is 33.4. The van der Waals surface area contributed by atoms with Crippen molar-refractivity contribution >= 4 is 23.4 Å². The number of amides is 1. The largest absolute Gasteiger partial charge is 0.573 e. The lowest BCUT2D eigenvalue weighted by atomic mass is 10.3. The third-order valence-corrected chi connectivity index (χ3v) is 2.98. The molecule has 0 aliphatic heterocycles. The summed E-state index contributed by atoms with van der Waals surface area (Å²) < 4.78 is 49.4. The van der Waals surface area contributed by atoms with E-state index < -0.39 is 46.7 Å². The van der Waals surface area contributed by atoms with Gasteiger partial charge in [-0.2, -0.15) is 0 Å². The zero-order valence-electron chi connectivity index (χ0n) is 13.5. The van der Waals surface area contributed by atoms with E-state index in [0.717, 1.165) is 36.4 Å². The number of nitrogens with one attached hydrogen (secondary N) is 1. The van der Waals surface area contributed by atoms with E-state index in [1.165, 1.54) is 6.92 Å².